The van der Waals surface area contributed by atoms with Crippen molar-refractivity contribution in [3.8, 4) is 5.75 Å². The number of aryl methyl sites for hydroxylation is 2. The molecular formula is C25H34N6O6. The summed E-state index contributed by atoms with van der Waals surface area (Å²) in [6, 6.07) is 3.35. The Morgan fingerprint density at radius 2 is 1.92 bits per heavy atom. The van der Waals surface area contributed by atoms with Crippen molar-refractivity contribution in [2.24, 2.45) is 0 Å². The minimum atomic E-state index is -1.13. The summed E-state index contributed by atoms with van der Waals surface area (Å²) in [5, 5.41) is 13.0. The number of nitrogens with one attached hydrogen (secondary N) is 2. The largest absolute Gasteiger partial charge is 0.483 e. The van der Waals surface area contributed by atoms with Crippen molar-refractivity contribution in [1.82, 2.24) is 30.5 Å². The molecule has 1 aromatic carbocycles. The second kappa shape index (κ2) is 14.5. The number of carbonyl (C=O) groups is 5. The van der Waals surface area contributed by atoms with Crippen molar-refractivity contribution in [2.75, 3.05) is 20.2 Å². The maximum absolute atomic E-state index is 13.1. The van der Waals surface area contributed by atoms with Crippen LogP contribution in [-0.2, 0) is 20.9 Å². The molecule has 37 heavy (non-hydrogen) atoms. The van der Waals surface area contributed by atoms with Crippen LogP contribution in [0.15, 0.2) is 24.4 Å². The summed E-state index contributed by atoms with van der Waals surface area (Å²) < 4.78 is 7.31. The van der Waals surface area contributed by atoms with Crippen LogP contribution in [0.2, 0.25) is 0 Å². The Hall–Kier alpha value is -4.09. The van der Waals surface area contributed by atoms with Gasteiger partial charge in [0.1, 0.15) is 18.1 Å². The Balaban J connectivity index is 0.00000235. The number of likely N-dealkylation sites (N-methyl/N-ethyl adjacent to an activating group) is 1. The van der Waals surface area contributed by atoms with E-state index in [0.29, 0.717) is 19.4 Å². The lowest BCUT2D eigenvalue weighted by Gasteiger charge is -2.24. The van der Waals surface area contributed by atoms with Crippen molar-refractivity contribution in [1.29, 1.82) is 0 Å². The molecular weight excluding hydrogens is 480 g/mol. The minimum Gasteiger partial charge on any atom is -0.483 e. The topological polar surface area (TPSA) is 153 Å². The first-order valence-electron chi connectivity index (χ1n) is 12.3. The van der Waals surface area contributed by atoms with Crippen molar-refractivity contribution in [3.05, 3.63) is 41.2 Å². The molecule has 1 unspecified atom stereocenters. The molecule has 1 aliphatic rings. The van der Waals surface area contributed by atoms with Gasteiger partial charge in [-0.3, -0.25) is 28.8 Å². The molecule has 4 amide bonds. The van der Waals surface area contributed by atoms with Crippen molar-refractivity contribution in [2.45, 2.75) is 59.0 Å². The van der Waals surface area contributed by atoms with Crippen molar-refractivity contribution >= 4 is 29.9 Å². The summed E-state index contributed by atoms with van der Waals surface area (Å²) >= 11 is 0. The van der Waals surface area contributed by atoms with E-state index in [0.717, 1.165) is 23.4 Å². The quantitative estimate of drug-likeness (QED) is 0.230. The number of carbonyl (C=O) groups excluding carboxylic acids is 5. The number of aromatic nitrogens is 3. The molecule has 12 nitrogen and oxygen atoms in total. The summed E-state index contributed by atoms with van der Waals surface area (Å²) in [7, 11) is 1.39. The average Bonchev–Trinajstić information content (AvgIpc) is 3.44. The van der Waals surface area contributed by atoms with Gasteiger partial charge in [-0.2, -0.15) is 0 Å². The number of hydrogen-bond acceptors (Lipinski definition) is 8. The predicted octanol–water partition coefficient (Wildman–Crippen LogP) is 1.28. The molecule has 1 aromatic heterocycles. The van der Waals surface area contributed by atoms with E-state index in [1.807, 2.05) is 27.0 Å². The minimum absolute atomic E-state index is 0.00372. The highest BCUT2D eigenvalue weighted by Gasteiger charge is 2.44. The summed E-state index contributed by atoms with van der Waals surface area (Å²) in [6.45, 7) is 6.66. The molecule has 2 N–H and O–H groups in total. The molecule has 1 aliphatic heterocycles. The van der Waals surface area contributed by atoms with Gasteiger partial charge in [-0.05, 0) is 38.3 Å². The third-order valence-corrected chi connectivity index (χ3v) is 5.47. The molecule has 12 heteroatoms. The zero-order valence-corrected chi connectivity index (χ0v) is 21.7. The highest BCUT2D eigenvalue weighted by Crippen LogP contribution is 2.33. The molecule has 3 rings (SSSR count). The SMILES string of the molecule is CC.CNC(=O)C(CCC=O)N1C(=O)c2cccc(OCC(=O)NCCCCn3cc(C)nn3)c2C1=O. The zero-order chi connectivity index (χ0) is 27.4. The van der Waals surface area contributed by atoms with E-state index in [-0.39, 0.29) is 42.2 Å². The first-order valence-corrected chi connectivity index (χ1v) is 12.3. The van der Waals surface area contributed by atoms with Gasteiger partial charge in [-0.25, -0.2) is 0 Å². The van der Waals surface area contributed by atoms with Gasteiger partial charge in [0.15, 0.2) is 6.61 Å². The summed E-state index contributed by atoms with van der Waals surface area (Å²) in [5.74, 6) is -2.21. The summed E-state index contributed by atoms with van der Waals surface area (Å²) in [6.07, 6.45) is 4.01. The molecule has 200 valence electrons. The molecule has 2 heterocycles. The molecule has 0 saturated heterocycles. The predicted molar refractivity (Wildman–Crippen MR) is 134 cm³/mol. The maximum Gasteiger partial charge on any atom is 0.266 e. The monoisotopic (exact) mass is 514 g/mol. The van der Waals surface area contributed by atoms with E-state index in [9.17, 15) is 24.0 Å². The summed E-state index contributed by atoms with van der Waals surface area (Å²) in [5.41, 5.74) is 0.918. The fourth-order valence-corrected chi connectivity index (χ4v) is 3.77. The number of benzene rings is 1. The molecule has 2 aromatic rings. The number of fused-ring (bicyclic) bond motifs is 1. The van der Waals surface area contributed by atoms with Gasteiger partial charge >= 0.3 is 0 Å². The van der Waals surface area contributed by atoms with E-state index in [1.54, 1.807) is 4.68 Å². The third-order valence-electron chi connectivity index (χ3n) is 5.47. The van der Waals surface area contributed by atoms with Gasteiger partial charge in [0.05, 0.1) is 16.8 Å². The standard InChI is InChI=1S/C23H28N6O6.C2H6/c1-15-13-28(27-26-15)11-4-3-10-25-19(31)14-35-18-9-5-7-16-20(18)23(34)29(22(16)33)17(8-6-12-30)21(32)24-2;1-2/h5,7,9,12-13,17H,3-4,6,8,10-11,14H2,1-2H3,(H,24,32)(H,25,31);1-2H3. The number of hydrogen-bond donors (Lipinski definition) is 2. The van der Waals surface area contributed by atoms with Crippen LogP contribution in [0, 0.1) is 6.92 Å². The maximum atomic E-state index is 13.1. The van der Waals surface area contributed by atoms with Crippen LogP contribution in [0.3, 0.4) is 0 Å². The van der Waals surface area contributed by atoms with Gasteiger partial charge in [0.25, 0.3) is 17.7 Å². The van der Waals surface area contributed by atoms with Crippen LogP contribution in [0.4, 0.5) is 0 Å². The molecule has 0 spiro atoms. The summed E-state index contributed by atoms with van der Waals surface area (Å²) in [4.78, 5) is 62.2. The lowest BCUT2D eigenvalue weighted by atomic mass is 10.1. The van der Waals surface area contributed by atoms with Crippen molar-refractivity contribution < 1.29 is 28.7 Å². The van der Waals surface area contributed by atoms with E-state index in [2.05, 4.69) is 20.9 Å². The molecule has 0 fully saturated rings. The number of imide groups is 1. The Labute approximate surface area is 215 Å². The molecule has 0 aliphatic carbocycles. The molecule has 0 radical (unpaired) electrons. The van der Waals surface area contributed by atoms with Gasteiger partial charge < -0.3 is 20.2 Å². The first-order chi connectivity index (χ1) is 17.9. The Bertz CT molecular complexity index is 1110. The van der Waals surface area contributed by atoms with Crippen LogP contribution >= 0.6 is 0 Å². The molecule has 0 saturated carbocycles. The third kappa shape index (κ3) is 7.45. The zero-order valence-electron chi connectivity index (χ0n) is 21.7. The Morgan fingerprint density at radius 1 is 1.16 bits per heavy atom. The van der Waals surface area contributed by atoms with E-state index in [1.165, 1.54) is 25.2 Å². The van der Waals surface area contributed by atoms with Crippen molar-refractivity contribution in [3.63, 3.8) is 0 Å². The average molecular weight is 515 g/mol. The van der Waals surface area contributed by atoms with Crippen LogP contribution in [0.25, 0.3) is 0 Å². The number of aldehydes is 1. The van der Waals surface area contributed by atoms with Gasteiger partial charge in [-0.1, -0.05) is 25.1 Å². The second-order valence-electron chi connectivity index (χ2n) is 8.00. The smallest absolute Gasteiger partial charge is 0.266 e. The van der Waals surface area contributed by atoms with E-state index < -0.39 is 23.8 Å². The van der Waals surface area contributed by atoms with Crippen LogP contribution in [-0.4, -0.2) is 76.0 Å². The van der Waals surface area contributed by atoms with Gasteiger partial charge in [-0.15, -0.1) is 5.10 Å². The first kappa shape index (κ1) is 29.1. The van der Waals surface area contributed by atoms with Crippen LogP contribution in [0.1, 0.15) is 65.9 Å². The lowest BCUT2D eigenvalue weighted by molar-refractivity contribution is -0.125. The number of amides is 4. The lowest BCUT2D eigenvalue weighted by Crippen LogP contribution is -2.48. The number of nitrogens with zero attached hydrogens (tertiary/aromatic N) is 4. The van der Waals surface area contributed by atoms with Gasteiger partial charge in [0.2, 0.25) is 5.91 Å². The van der Waals surface area contributed by atoms with E-state index in [4.69, 9.17) is 4.74 Å². The number of ether oxygens (including phenoxy) is 1. The highest BCUT2D eigenvalue weighted by atomic mass is 16.5. The number of unbranched alkanes of at least 4 members (excludes halogenated alkanes) is 1. The Kier molecular flexibility index (Phi) is 11.4. The highest BCUT2D eigenvalue weighted by molar-refractivity contribution is 6.24. The number of rotatable bonds is 13. The normalized spacial score (nSPS) is 12.8. The molecule has 0 bridgehead atoms. The fraction of sp³-hybridized carbons (Fsp3) is 0.480. The molecule has 1 atom stereocenters. The van der Waals surface area contributed by atoms with Gasteiger partial charge in [0, 0.05) is 32.8 Å². The Morgan fingerprint density at radius 3 is 2.57 bits per heavy atom. The van der Waals surface area contributed by atoms with Crippen LogP contribution < -0.4 is 15.4 Å². The fourth-order valence-electron chi connectivity index (χ4n) is 3.77. The van der Waals surface area contributed by atoms with E-state index >= 15 is 0 Å². The second-order valence-corrected chi connectivity index (χ2v) is 8.00. The van der Waals surface area contributed by atoms with Crippen LogP contribution in [0.5, 0.6) is 5.75 Å².